The number of thiophene rings is 1. The topological polar surface area (TPSA) is 57.7 Å². The Labute approximate surface area is 128 Å². The van der Waals surface area contributed by atoms with Crippen LogP contribution in [0, 0.1) is 0 Å². The van der Waals surface area contributed by atoms with Gasteiger partial charge >= 0.3 is 0 Å². The van der Waals surface area contributed by atoms with E-state index in [-0.39, 0.29) is 30.4 Å². The van der Waals surface area contributed by atoms with Gasteiger partial charge in [-0.3, -0.25) is 14.4 Å². The van der Waals surface area contributed by atoms with Crippen molar-refractivity contribution in [3.8, 4) is 0 Å². The van der Waals surface area contributed by atoms with E-state index in [1.165, 1.54) is 11.3 Å². The molecule has 0 atom stereocenters. The van der Waals surface area contributed by atoms with Crippen molar-refractivity contribution < 1.29 is 14.4 Å². The summed E-state index contributed by atoms with van der Waals surface area (Å²) < 4.78 is 0. The maximum atomic E-state index is 12.0. The van der Waals surface area contributed by atoms with Crippen molar-refractivity contribution in [2.45, 2.75) is 25.7 Å². The van der Waals surface area contributed by atoms with E-state index in [2.05, 4.69) is 0 Å². The highest BCUT2D eigenvalue weighted by Gasteiger charge is 2.21. The Bertz CT molecular complexity index is 513. The lowest BCUT2D eigenvalue weighted by Crippen LogP contribution is -2.36. The Balaban J connectivity index is 1.70. The van der Waals surface area contributed by atoms with Crippen LogP contribution >= 0.6 is 11.3 Å². The fourth-order valence-electron chi connectivity index (χ4n) is 2.31. The lowest BCUT2D eigenvalue weighted by molar-refractivity contribution is -0.132. The van der Waals surface area contributed by atoms with Crippen molar-refractivity contribution in [2.75, 3.05) is 26.7 Å². The van der Waals surface area contributed by atoms with Gasteiger partial charge in [-0.15, -0.1) is 11.3 Å². The molecule has 0 spiro atoms. The number of hydrogen-bond donors (Lipinski definition) is 0. The number of rotatable bonds is 7. The number of likely N-dealkylation sites (N-methyl/N-ethyl adjacent to an activating group) is 1. The third-order valence-corrected chi connectivity index (χ3v) is 4.58. The first-order chi connectivity index (χ1) is 10.1. The van der Waals surface area contributed by atoms with Crippen molar-refractivity contribution >= 4 is 28.9 Å². The van der Waals surface area contributed by atoms with Gasteiger partial charge in [0.15, 0.2) is 5.78 Å². The first-order valence-electron chi connectivity index (χ1n) is 7.16. The molecule has 1 aromatic rings. The zero-order valence-electron chi connectivity index (χ0n) is 12.2. The minimum absolute atomic E-state index is 0.0153. The molecule has 2 rings (SSSR count). The first kappa shape index (κ1) is 15.7. The van der Waals surface area contributed by atoms with Crippen LogP contribution < -0.4 is 0 Å². The van der Waals surface area contributed by atoms with Crippen molar-refractivity contribution in [2.24, 2.45) is 0 Å². The van der Waals surface area contributed by atoms with Gasteiger partial charge in [-0.25, -0.2) is 0 Å². The molecule has 1 fully saturated rings. The summed E-state index contributed by atoms with van der Waals surface area (Å²) in [4.78, 5) is 39.4. The summed E-state index contributed by atoms with van der Waals surface area (Å²) >= 11 is 1.40. The highest BCUT2D eigenvalue weighted by molar-refractivity contribution is 7.12. The molecule has 0 N–H and O–H groups in total. The molecular formula is C15H20N2O3S. The molecule has 0 unspecified atom stereocenters. The van der Waals surface area contributed by atoms with Gasteiger partial charge < -0.3 is 9.80 Å². The third kappa shape index (κ3) is 4.39. The molecule has 1 aromatic heterocycles. The highest BCUT2D eigenvalue weighted by atomic mass is 32.1. The Kier molecular flexibility index (Phi) is 5.50. The molecule has 0 bridgehead atoms. The van der Waals surface area contributed by atoms with Gasteiger partial charge in [-0.1, -0.05) is 6.07 Å². The minimum atomic E-state index is -0.0495. The highest BCUT2D eigenvalue weighted by Crippen LogP contribution is 2.13. The predicted octanol–water partition coefficient (Wildman–Crippen LogP) is 1.79. The van der Waals surface area contributed by atoms with Crippen LogP contribution in [-0.2, 0) is 9.59 Å². The van der Waals surface area contributed by atoms with E-state index >= 15 is 0 Å². The van der Waals surface area contributed by atoms with Crippen molar-refractivity contribution in [3.63, 3.8) is 0 Å². The quantitative estimate of drug-likeness (QED) is 0.722. The van der Waals surface area contributed by atoms with Crippen LogP contribution in [0.4, 0.5) is 0 Å². The van der Waals surface area contributed by atoms with Crippen LogP contribution in [0.25, 0.3) is 0 Å². The number of amides is 2. The van der Waals surface area contributed by atoms with E-state index in [4.69, 9.17) is 0 Å². The maximum Gasteiger partial charge on any atom is 0.222 e. The Hall–Kier alpha value is -1.69. The number of carbonyl (C=O) groups is 3. The maximum absolute atomic E-state index is 12.0. The van der Waals surface area contributed by atoms with Gasteiger partial charge in [-0.2, -0.15) is 0 Å². The van der Waals surface area contributed by atoms with Crippen molar-refractivity contribution in [1.82, 2.24) is 9.80 Å². The van der Waals surface area contributed by atoms with Crippen molar-refractivity contribution in [1.29, 1.82) is 0 Å². The van der Waals surface area contributed by atoms with E-state index in [0.29, 0.717) is 24.4 Å². The fraction of sp³-hybridized carbons (Fsp3) is 0.533. The van der Waals surface area contributed by atoms with Crippen LogP contribution in [0.1, 0.15) is 35.4 Å². The Morgan fingerprint density at radius 1 is 1.38 bits per heavy atom. The lowest BCUT2D eigenvalue weighted by atomic mass is 10.2. The molecule has 0 saturated carbocycles. The van der Waals surface area contributed by atoms with Gasteiger partial charge in [0, 0.05) is 45.9 Å². The van der Waals surface area contributed by atoms with Gasteiger partial charge in [0.2, 0.25) is 11.8 Å². The molecule has 0 aromatic carbocycles. The molecule has 1 saturated heterocycles. The van der Waals surface area contributed by atoms with E-state index in [1.807, 2.05) is 11.4 Å². The molecule has 6 heteroatoms. The number of Topliss-reactive ketones (excluding diaryl/α,β-unsaturated/α-hetero) is 1. The average molecular weight is 308 g/mol. The molecule has 114 valence electrons. The van der Waals surface area contributed by atoms with Crippen LogP contribution in [-0.4, -0.2) is 54.1 Å². The summed E-state index contributed by atoms with van der Waals surface area (Å²) in [7, 11) is 1.72. The fourth-order valence-corrected chi connectivity index (χ4v) is 3.00. The van der Waals surface area contributed by atoms with Gasteiger partial charge in [0.1, 0.15) is 0 Å². The lowest BCUT2D eigenvalue weighted by Gasteiger charge is -2.21. The standard InChI is InChI=1S/C15H20N2O3S/c1-16(9-10-17-8-2-5-15(17)20)14(19)7-6-12(18)13-4-3-11-21-13/h3-4,11H,2,5-10H2,1H3. The first-order valence-corrected chi connectivity index (χ1v) is 8.04. The predicted molar refractivity (Wildman–Crippen MR) is 81.3 cm³/mol. The smallest absolute Gasteiger partial charge is 0.222 e. The number of ketones is 1. The molecule has 0 aliphatic carbocycles. The van der Waals surface area contributed by atoms with E-state index in [9.17, 15) is 14.4 Å². The molecule has 5 nitrogen and oxygen atoms in total. The molecule has 0 radical (unpaired) electrons. The van der Waals surface area contributed by atoms with Gasteiger partial charge in [0.25, 0.3) is 0 Å². The van der Waals surface area contributed by atoms with Crippen LogP contribution in [0.5, 0.6) is 0 Å². The number of hydrogen-bond acceptors (Lipinski definition) is 4. The number of nitrogens with zero attached hydrogens (tertiary/aromatic N) is 2. The normalized spacial score (nSPS) is 14.5. The third-order valence-electron chi connectivity index (χ3n) is 3.66. The zero-order valence-corrected chi connectivity index (χ0v) is 13.0. The summed E-state index contributed by atoms with van der Waals surface area (Å²) in [6, 6.07) is 3.61. The molecule has 2 heterocycles. The second-order valence-electron chi connectivity index (χ2n) is 5.20. The van der Waals surface area contributed by atoms with Crippen LogP contribution in [0.3, 0.4) is 0 Å². The largest absolute Gasteiger partial charge is 0.344 e. The van der Waals surface area contributed by atoms with Crippen LogP contribution in [0.2, 0.25) is 0 Å². The van der Waals surface area contributed by atoms with Gasteiger partial charge in [0.05, 0.1) is 4.88 Å². The summed E-state index contributed by atoms with van der Waals surface area (Å²) in [5.41, 5.74) is 0. The Morgan fingerprint density at radius 3 is 2.81 bits per heavy atom. The molecule has 21 heavy (non-hydrogen) atoms. The summed E-state index contributed by atoms with van der Waals surface area (Å²) in [5, 5.41) is 1.86. The number of carbonyl (C=O) groups excluding carboxylic acids is 3. The molecule has 2 amide bonds. The van der Waals surface area contributed by atoms with Gasteiger partial charge in [-0.05, 0) is 17.9 Å². The minimum Gasteiger partial charge on any atom is -0.344 e. The summed E-state index contributed by atoms with van der Waals surface area (Å²) in [5.74, 6) is 0.136. The summed E-state index contributed by atoms with van der Waals surface area (Å²) in [6.07, 6.45) is 1.99. The SMILES string of the molecule is CN(CCN1CCCC1=O)C(=O)CCC(=O)c1cccs1. The molecular weight excluding hydrogens is 288 g/mol. The van der Waals surface area contributed by atoms with E-state index in [1.54, 1.807) is 22.9 Å². The van der Waals surface area contributed by atoms with E-state index < -0.39 is 0 Å². The number of likely N-dealkylation sites (tertiary alicyclic amines) is 1. The Morgan fingerprint density at radius 2 is 2.19 bits per heavy atom. The second-order valence-corrected chi connectivity index (χ2v) is 6.15. The van der Waals surface area contributed by atoms with Crippen molar-refractivity contribution in [3.05, 3.63) is 22.4 Å². The zero-order chi connectivity index (χ0) is 15.2. The molecule has 1 aliphatic rings. The van der Waals surface area contributed by atoms with Crippen LogP contribution in [0.15, 0.2) is 17.5 Å². The van der Waals surface area contributed by atoms with E-state index in [0.717, 1.165) is 13.0 Å². The molecule has 1 aliphatic heterocycles. The second kappa shape index (κ2) is 7.36. The summed E-state index contributed by atoms with van der Waals surface area (Å²) in [6.45, 7) is 1.90. The monoisotopic (exact) mass is 308 g/mol. The average Bonchev–Trinajstić information content (AvgIpc) is 3.13.